The Balaban J connectivity index is 2.04. The molecule has 1 saturated heterocycles. The Hall–Kier alpha value is -1.61. The molecule has 3 rings (SSSR count). The first-order valence-corrected chi connectivity index (χ1v) is 6.51. The lowest BCUT2D eigenvalue weighted by Crippen LogP contribution is -2.23. The summed E-state index contributed by atoms with van der Waals surface area (Å²) in [5.41, 5.74) is 1.28. The molecule has 1 atom stereocenters. The van der Waals surface area contributed by atoms with Crippen LogP contribution in [0, 0.1) is 0 Å². The molecule has 3 nitrogen and oxygen atoms in total. The van der Waals surface area contributed by atoms with Crippen molar-refractivity contribution in [3.05, 3.63) is 36.2 Å². The van der Waals surface area contributed by atoms with Gasteiger partial charge in [-0.2, -0.15) is 0 Å². The number of ether oxygens (including phenoxy) is 1. The quantitative estimate of drug-likeness (QED) is 0.898. The molecule has 0 saturated carbocycles. The Morgan fingerprint density at radius 1 is 1.39 bits per heavy atom. The van der Waals surface area contributed by atoms with Gasteiger partial charge in [-0.1, -0.05) is 12.1 Å². The fourth-order valence-corrected chi connectivity index (χ4v) is 2.79. The molecule has 0 aliphatic carbocycles. The van der Waals surface area contributed by atoms with Gasteiger partial charge in [0.25, 0.3) is 0 Å². The maximum absolute atomic E-state index is 5.48. The summed E-state index contributed by atoms with van der Waals surface area (Å²) in [6, 6.07) is 6.72. The molecule has 3 heteroatoms. The summed E-state index contributed by atoms with van der Waals surface area (Å²) in [6.45, 7) is 1.14. The molecule has 1 N–H and O–H groups in total. The summed E-state index contributed by atoms with van der Waals surface area (Å²) < 4.78 is 5.48. The van der Waals surface area contributed by atoms with Crippen molar-refractivity contribution in [3.8, 4) is 5.75 Å². The zero-order valence-corrected chi connectivity index (χ0v) is 10.6. The van der Waals surface area contributed by atoms with Gasteiger partial charge < -0.3 is 10.1 Å². The molecule has 2 heterocycles. The zero-order chi connectivity index (χ0) is 12.4. The standard InChI is InChI=1S/C15H18N2O/c1-18-14-6-2-4-11-9-16-10-12(15(11)14)8-13-5-3-7-17-13/h2,4,6,9-10,13,17H,3,5,7-8H2,1H3/t13-/m1/s1. The highest BCUT2D eigenvalue weighted by molar-refractivity contribution is 5.90. The van der Waals surface area contributed by atoms with E-state index in [1.54, 1.807) is 7.11 Å². The van der Waals surface area contributed by atoms with Crippen LogP contribution in [0.5, 0.6) is 5.75 Å². The largest absolute Gasteiger partial charge is 0.496 e. The van der Waals surface area contributed by atoms with E-state index in [9.17, 15) is 0 Å². The number of pyridine rings is 1. The number of benzene rings is 1. The van der Waals surface area contributed by atoms with E-state index in [2.05, 4.69) is 16.4 Å². The third-order valence-electron chi connectivity index (χ3n) is 3.67. The smallest absolute Gasteiger partial charge is 0.127 e. The van der Waals surface area contributed by atoms with Gasteiger partial charge in [-0.3, -0.25) is 4.98 Å². The first-order chi connectivity index (χ1) is 8.88. The molecule has 1 aromatic heterocycles. The summed E-state index contributed by atoms with van der Waals surface area (Å²) in [5, 5.41) is 5.91. The molecular weight excluding hydrogens is 224 g/mol. The lowest BCUT2D eigenvalue weighted by molar-refractivity contribution is 0.419. The molecule has 1 aliphatic heterocycles. The number of rotatable bonds is 3. The molecule has 0 spiro atoms. The van der Waals surface area contributed by atoms with Gasteiger partial charge in [0.2, 0.25) is 0 Å². The number of nitrogens with zero attached hydrogens (tertiary/aromatic N) is 1. The van der Waals surface area contributed by atoms with Gasteiger partial charge in [-0.15, -0.1) is 0 Å². The monoisotopic (exact) mass is 242 g/mol. The van der Waals surface area contributed by atoms with E-state index < -0.39 is 0 Å². The van der Waals surface area contributed by atoms with Crippen LogP contribution in [0.15, 0.2) is 30.6 Å². The number of methoxy groups -OCH3 is 1. The molecule has 0 amide bonds. The minimum Gasteiger partial charge on any atom is -0.496 e. The number of fused-ring (bicyclic) bond motifs is 1. The molecule has 0 bridgehead atoms. The van der Waals surface area contributed by atoms with Crippen molar-refractivity contribution in [3.63, 3.8) is 0 Å². The van der Waals surface area contributed by atoms with Crippen molar-refractivity contribution in [2.75, 3.05) is 13.7 Å². The van der Waals surface area contributed by atoms with Gasteiger partial charge in [0.15, 0.2) is 0 Å². The Labute approximate surface area is 107 Å². The number of hydrogen-bond acceptors (Lipinski definition) is 3. The first-order valence-electron chi connectivity index (χ1n) is 6.51. The van der Waals surface area contributed by atoms with Crippen LogP contribution in [0.2, 0.25) is 0 Å². The van der Waals surface area contributed by atoms with Crippen molar-refractivity contribution in [1.29, 1.82) is 0 Å². The second-order valence-electron chi connectivity index (χ2n) is 4.85. The Morgan fingerprint density at radius 2 is 2.33 bits per heavy atom. The van der Waals surface area contributed by atoms with Gasteiger partial charge in [0.1, 0.15) is 5.75 Å². The molecule has 1 aromatic carbocycles. The predicted octanol–water partition coefficient (Wildman–Crippen LogP) is 2.54. The zero-order valence-electron chi connectivity index (χ0n) is 10.6. The normalized spacial score (nSPS) is 19.3. The van der Waals surface area contributed by atoms with Gasteiger partial charge in [-0.25, -0.2) is 0 Å². The Bertz CT molecular complexity index is 542. The van der Waals surface area contributed by atoms with E-state index in [0.29, 0.717) is 6.04 Å². The molecule has 18 heavy (non-hydrogen) atoms. The third kappa shape index (κ3) is 2.06. The highest BCUT2D eigenvalue weighted by Gasteiger charge is 2.17. The topological polar surface area (TPSA) is 34.1 Å². The summed E-state index contributed by atoms with van der Waals surface area (Å²) in [6.07, 6.45) is 7.45. The minimum absolute atomic E-state index is 0.585. The predicted molar refractivity (Wildman–Crippen MR) is 73.0 cm³/mol. The highest BCUT2D eigenvalue weighted by Crippen LogP contribution is 2.29. The average molecular weight is 242 g/mol. The summed E-state index contributed by atoms with van der Waals surface area (Å²) >= 11 is 0. The summed E-state index contributed by atoms with van der Waals surface area (Å²) in [7, 11) is 1.73. The Kier molecular flexibility index (Phi) is 3.15. The van der Waals surface area contributed by atoms with E-state index in [0.717, 1.165) is 24.1 Å². The van der Waals surface area contributed by atoms with Gasteiger partial charge in [-0.05, 0) is 37.4 Å². The molecule has 2 aromatic rings. The van der Waals surface area contributed by atoms with Gasteiger partial charge >= 0.3 is 0 Å². The van der Waals surface area contributed by atoms with Crippen molar-refractivity contribution in [2.24, 2.45) is 0 Å². The molecule has 1 fully saturated rings. The molecule has 94 valence electrons. The number of nitrogens with one attached hydrogen (secondary N) is 1. The van der Waals surface area contributed by atoms with E-state index in [-0.39, 0.29) is 0 Å². The first kappa shape index (κ1) is 11.5. The number of hydrogen-bond donors (Lipinski definition) is 1. The van der Waals surface area contributed by atoms with Gasteiger partial charge in [0, 0.05) is 29.2 Å². The summed E-state index contributed by atoms with van der Waals surface area (Å²) in [5.74, 6) is 0.947. The van der Waals surface area contributed by atoms with Crippen LogP contribution in [-0.4, -0.2) is 24.7 Å². The number of aromatic nitrogens is 1. The van der Waals surface area contributed by atoms with Crippen molar-refractivity contribution in [1.82, 2.24) is 10.3 Å². The highest BCUT2D eigenvalue weighted by atomic mass is 16.5. The maximum Gasteiger partial charge on any atom is 0.127 e. The van der Waals surface area contributed by atoms with Crippen LogP contribution >= 0.6 is 0 Å². The van der Waals surface area contributed by atoms with Crippen molar-refractivity contribution >= 4 is 10.8 Å². The van der Waals surface area contributed by atoms with E-state index >= 15 is 0 Å². The molecule has 1 aliphatic rings. The van der Waals surface area contributed by atoms with E-state index in [1.165, 1.54) is 23.8 Å². The average Bonchev–Trinajstić information content (AvgIpc) is 2.91. The van der Waals surface area contributed by atoms with Crippen LogP contribution in [0.4, 0.5) is 0 Å². The molecule has 0 unspecified atom stereocenters. The van der Waals surface area contributed by atoms with Crippen LogP contribution in [0.3, 0.4) is 0 Å². The van der Waals surface area contributed by atoms with Crippen LogP contribution < -0.4 is 10.1 Å². The minimum atomic E-state index is 0.585. The molecule has 0 radical (unpaired) electrons. The molecular formula is C15H18N2O. The second kappa shape index (κ2) is 4.94. The Morgan fingerprint density at radius 3 is 3.11 bits per heavy atom. The van der Waals surface area contributed by atoms with Crippen molar-refractivity contribution in [2.45, 2.75) is 25.3 Å². The van der Waals surface area contributed by atoms with E-state index in [1.807, 2.05) is 24.5 Å². The SMILES string of the molecule is COc1cccc2cncc(C[C@H]3CCCN3)c12. The third-order valence-corrected chi connectivity index (χ3v) is 3.67. The lowest BCUT2D eigenvalue weighted by Gasteiger charge is -2.14. The fraction of sp³-hybridized carbons (Fsp3) is 0.400. The second-order valence-corrected chi connectivity index (χ2v) is 4.85. The van der Waals surface area contributed by atoms with Crippen LogP contribution in [0.25, 0.3) is 10.8 Å². The van der Waals surface area contributed by atoms with Crippen molar-refractivity contribution < 1.29 is 4.74 Å². The fourth-order valence-electron chi connectivity index (χ4n) is 2.79. The maximum atomic E-state index is 5.48. The lowest BCUT2D eigenvalue weighted by atomic mass is 10.00. The summed E-state index contributed by atoms with van der Waals surface area (Å²) in [4.78, 5) is 4.35. The van der Waals surface area contributed by atoms with Crippen LogP contribution in [-0.2, 0) is 6.42 Å². The van der Waals surface area contributed by atoms with Gasteiger partial charge in [0.05, 0.1) is 7.11 Å². The van der Waals surface area contributed by atoms with Crippen LogP contribution in [0.1, 0.15) is 18.4 Å². The van der Waals surface area contributed by atoms with E-state index in [4.69, 9.17) is 4.74 Å².